The number of carbonyl (C=O) groups excluding carboxylic acids is 1. The average molecular weight is 323 g/mol. The third kappa shape index (κ3) is 2.88. The van der Waals surface area contributed by atoms with Crippen molar-refractivity contribution < 1.29 is 14.3 Å². The first-order valence-electron chi connectivity index (χ1n) is 7.70. The molecule has 0 spiro atoms. The highest BCUT2D eigenvalue weighted by atomic mass is 16.4. The average Bonchev–Trinajstić information content (AvgIpc) is 2.61. The molecule has 2 N–H and O–H groups in total. The van der Waals surface area contributed by atoms with Gasteiger partial charge in [0, 0.05) is 6.42 Å². The van der Waals surface area contributed by atoms with E-state index in [1.54, 1.807) is 55.5 Å². The van der Waals surface area contributed by atoms with Crippen molar-refractivity contribution in [2.45, 2.75) is 19.4 Å². The van der Waals surface area contributed by atoms with E-state index in [2.05, 4.69) is 5.32 Å². The maximum atomic E-state index is 12.5. The lowest BCUT2D eigenvalue weighted by molar-refractivity contribution is -0.121. The highest BCUT2D eigenvalue weighted by molar-refractivity contribution is 5.85. The van der Waals surface area contributed by atoms with Crippen LogP contribution in [0.4, 0.5) is 0 Å². The van der Waals surface area contributed by atoms with E-state index in [0.29, 0.717) is 16.5 Å². The molecule has 3 rings (SSSR count). The summed E-state index contributed by atoms with van der Waals surface area (Å²) < 4.78 is 5.32. The first kappa shape index (κ1) is 15.8. The predicted octanol–water partition coefficient (Wildman–Crippen LogP) is 3.11. The van der Waals surface area contributed by atoms with E-state index in [4.69, 9.17) is 4.42 Å². The molecule has 0 saturated heterocycles. The van der Waals surface area contributed by atoms with Crippen LogP contribution in [0.25, 0.3) is 11.0 Å². The number of amides is 1. The number of hydrogen-bond acceptors (Lipinski definition) is 4. The van der Waals surface area contributed by atoms with Gasteiger partial charge in [0.25, 0.3) is 0 Å². The van der Waals surface area contributed by atoms with E-state index in [9.17, 15) is 14.7 Å². The van der Waals surface area contributed by atoms with Gasteiger partial charge >= 0.3 is 5.63 Å². The third-order valence-corrected chi connectivity index (χ3v) is 3.87. The van der Waals surface area contributed by atoms with Gasteiger partial charge in [-0.05, 0) is 17.7 Å². The van der Waals surface area contributed by atoms with Crippen molar-refractivity contribution in [3.05, 3.63) is 76.1 Å². The number of fused-ring (bicyclic) bond motifs is 1. The highest BCUT2D eigenvalue weighted by Crippen LogP contribution is 2.32. The summed E-state index contributed by atoms with van der Waals surface area (Å²) in [4.78, 5) is 24.4. The van der Waals surface area contributed by atoms with Crippen LogP contribution < -0.4 is 10.9 Å². The molecule has 122 valence electrons. The molecular weight excluding hydrogens is 306 g/mol. The van der Waals surface area contributed by atoms with Gasteiger partial charge in [0.05, 0.1) is 11.4 Å². The second kappa shape index (κ2) is 6.58. The normalized spacial score (nSPS) is 12.0. The van der Waals surface area contributed by atoms with Gasteiger partial charge in [-0.3, -0.25) is 4.79 Å². The predicted molar refractivity (Wildman–Crippen MR) is 90.9 cm³/mol. The quantitative estimate of drug-likeness (QED) is 0.723. The Hall–Kier alpha value is -3.08. The molecule has 0 fully saturated rings. The topological polar surface area (TPSA) is 79.5 Å². The lowest BCUT2D eigenvalue weighted by atomic mass is 9.97. The summed E-state index contributed by atoms with van der Waals surface area (Å²) in [7, 11) is 0. The second-order valence-electron chi connectivity index (χ2n) is 5.41. The van der Waals surface area contributed by atoms with Crippen LogP contribution >= 0.6 is 0 Å². The van der Waals surface area contributed by atoms with Crippen molar-refractivity contribution in [1.29, 1.82) is 0 Å². The first-order valence-corrected chi connectivity index (χ1v) is 7.70. The Balaban J connectivity index is 2.23. The van der Waals surface area contributed by atoms with E-state index in [1.165, 1.54) is 0 Å². The summed E-state index contributed by atoms with van der Waals surface area (Å²) in [6, 6.07) is 15.0. The molecular formula is C19H17NO4. The number of carbonyl (C=O) groups is 1. The molecule has 5 heteroatoms. The Morgan fingerprint density at radius 3 is 2.50 bits per heavy atom. The molecule has 0 aliphatic heterocycles. The summed E-state index contributed by atoms with van der Waals surface area (Å²) in [6.45, 7) is 1.72. The summed E-state index contributed by atoms with van der Waals surface area (Å²) in [5, 5.41) is 13.9. The standard InChI is InChI=1S/C19H17NO4/c1-2-15(21)20-17(12-8-4-3-5-9-12)16-18(22)13-10-6-7-11-14(13)24-19(16)23/h3-11,17,22H,2H2,1H3,(H,20,21). The minimum absolute atomic E-state index is 0.0294. The number of rotatable bonds is 4. The monoisotopic (exact) mass is 323 g/mol. The number of hydrogen-bond donors (Lipinski definition) is 2. The second-order valence-corrected chi connectivity index (χ2v) is 5.41. The number of benzene rings is 2. The molecule has 3 aromatic rings. The fraction of sp³-hybridized carbons (Fsp3) is 0.158. The van der Waals surface area contributed by atoms with Gasteiger partial charge in [0.15, 0.2) is 0 Å². The zero-order chi connectivity index (χ0) is 17.1. The molecule has 0 saturated carbocycles. The minimum atomic E-state index is -0.778. The number of nitrogens with one attached hydrogen (secondary N) is 1. The smallest absolute Gasteiger partial charge is 0.345 e. The highest BCUT2D eigenvalue weighted by Gasteiger charge is 2.25. The van der Waals surface area contributed by atoms with Crippen molar-refractivity contribution >= 4 is 16.9 Å². The Morgan fingerprint density at radius 1 is 1.12 bits per heavy atom. The van der Waals surface area contributed by atoms with Crippen LogP contribution in [0.1, 0.15) is 30.5 Å². The molecule has 1 amide bonds. The summed E-state index contributed by atoms with van der Waals surface area (Å²) in [5.74, 6) is -0.400. The molecule has 0 aliphatic rings. The first-order chi connectivity index (χ1) is 11.6. The van der Waals surface area contributed by atoms with Crippen LogP contribution in [-0.2, 0) is 4.79 Å². The molecule has 0 bridgehead atoms. The molecule has 1 heterocycles. The Labute approximate surface area is 138 Å². The molecule has 24 heavy (non-hydrogen) atoms. The summed E-state index contributed by atoms with van der Waals surface area (Å²) in [6.07, 6.45) is 0.267. The zero-order valence-electron chi connectivity index (χ0n) is 13.2. The van der Waals surface area contributed by atoms with Crippen LogP contribution in [0.5, 0.6) is 5.75 Å². The van der Waals surface area contributed by atoms with Crippen molar-refractivity contribution in [2.75, 3.05) is 0 Å². The van der Waals surface area contributed by atoms with E-state index in [1.807, 2.05) is 6.07 Å². The van der Waals surface area contributed by atoms with Gasteiger partial charge in [-0.1, -0.05) is 49.4 Å². The Kier molecular flexibility index (Phi) is 4.33. The summed E-state index contributed by atoms with van der Waals surface area (Å²) in [5.41, 5.74) is 0.354. The van der Waals surface area contributed by atoms with E-state index in [-0.39, 0.29) is 23.6 Å². The van der Waals surface area contributed by atoms with Crippen LogP contribution in [-0.4, -0.2) is 11.0 Å². The lowest BCUT2D eigenvalue weighted by Gasteiger charge is -2.19. The van der Waals surface area contributed by atoms with Gasteiger partial charge in [0.2, 0.25) is 5.91 Å². The number of aromatic hydroxyl groups is 1. The van der Waals surface area contributed by atoms with Crippen LogP contribution in [0, 0.1) is 0 Å². The molecule has 0 aliphatic carbocycles. The largest absolute Gasteiger partial charge is 0.507 e. The van der Waals surface area contributed by atoms with Crippen LogP contribution in [0.15, 0.2) is 63.8 Å². The van der Waals surface area contributed by atoms with Crippen molar-refractivity contribution in [1.82, 2.24) is 5.32 Å². The van der Waals surface area contributed by atoms with E-state index < -0.39 is 11.7 Å². The molecule has 0 radical (unpaired) electrons. The molecule has 1 atom stereocenters. The minimum Gasteiger partial charge on any atom is -0.507 e. The Morgan fingerprint density at radius 2 is 1.79 bits per heavy atom. The van der Waals surface area contributed by atoms with Crippen molar-refractivity contribution in [2.24, 2.45) is 0 Å². The fourth-order valence-electron chi connectivity index (χ4n) is 2.63. The maximum absolute atomic E-state index is 12.5. The van der Waals surface area contributed by atoms with Gasteiger partial charge < -0.3 is 14.8 Å². The van der Waals surface area contributed by atoms with Crippen molar-refractivity contribution in [3.8, 4) is 5.75 Å². The van der Waals surface area contributed by atoms with E-state index >= 15 is 0 Å². The SMILES string of the molecule is CCC(=O)NC(c1ccccc1)c1c(O)c2ccccc2oc1=O. The van der Waals surface area contributed by atoms with Crippen molar-refractivity contribution in [3.63, 3.8) is 0 Å². The number of para-hydroxylation sites is 1. The van der Waals surface area contributed by atoms with Gasteiger partial charge in [-0.2, -0.15) is 0 Å². The summed E-state index contributed by atoms with van der Waals surface area (Å²) >= 11 is 0. The fourth-order valence-corrected chi connectivity index (χ4v) is 2.63. The third-order valence-electron chi connectivity index (χ3n) is 3.87. The van der Waals surface area contributed by atoms with Gasteiger partial charge in [-0.25, -0.2) is 4.79 Å². The maximum Gasteiger partial charge on any atom is 0.345 e. The van der Waals surface area contributed by atoms with Crippen LogP contribution in [0.3, 0.4) is 0 Å². The van der Waals surface area contributed by atoms with Gasteiger partial charge in [0.1, 0.15) is 16.9 Å². The van der Waals surface area contributed by atoms with Gasteiger partial charge in [-0.15, -0.1) is 0 Å². The molecule has 1 aromatic heterocycles. The zero-order valence-corrected chi connectivity index (χ0v) is 13.2. The van der Waals surface area contributed by atoms with E-state index in [0.717, 1.165) is 0 Å². The Bertz CT molecular complexity index is 931. The molecule has 1 unspecified atom stereocenters. The van der Waals surface area contributed by atoms with Crippen LogP contribution in [0.2, 0.25) is 0 Å². The molecule has 5 nitrogen and oxygen atoms in total. The lowest BCUT2D eigenvalue weighted by Crippen LogP contribution is -2.31. The molecule has 2 aromatic carbocycles.